The van der Waals surface area contributed by atoms with Crippen LogP contribution in [0.5, 0.6) is 11.5 Å². The molecule has 0 spiro atoms. The van der Waals surface area contributed by atoms with Crippen LogP contribution in [0.15, 0.2) is 28.8 Å². The summed E-state index contributed by atoms with van der Waals surface area (Å²) in [4.78, 5) is 13.2. The molecule has 1 fully saturated rings. The maximum Gasteiger partial charge on any atom is 0.586 e. The number of carbonyl (C=O) groups is 1. The van der Waals surface area contributed by atoms with Crippen LogP contribution in [-0.2, 0) is 17.6 Å². The Hall–Kier alpha value is -3.01. The van der Waals surface area contributed by atoms with Crippen LogP contribution in [-0.4, -0.2) is 32.0 Å². The monoisotopic (exact) mass is 550 g/mol. The van der Waals surface area contributed by atoms with E-state index in [0.29, 0.717) is 28.9 Å². The molecule has 1 atom stereocenters. The second-order valence-electron chi connectivity index (χ2n) is 11.0. The summed E-state index contributed by atoms with van der Waals surface area (Å²) in [6, 6.07) is 6.67. The highest BCUT2D eigenvalue weighted by Crippen LogP contribution is 2.43. The van der Waals surface area contributed by atoms with Crippen LogP contribution in [0, 0.1) is 11.8 Å². The number of hydrogen-bond donors (Lipinski definition) is 0. The van der Waals surface area contributed by atoms with E-state index >= 15 is 0 Å². The van der Waals surface area contributed by atoms with Crippen LogP contribution in [0.3, 0.4) is 0 Å². The Balaban J connectivity index is 0.00000336. The number of carbonyl (C=O) groups excluding carboxylic acids is 1. The van der Waals surface area contributed by atoms with Crippen molar-refractivity contribution in [3.8, 4) is 23.0 Å². The lowest BCUT2D eigenvalue weighted by molar-refractivity contribution is -0.286. The van der Waals surface area contributed by atoms with Gasteiger partial charge in [0.1, 0.15) is 17.4 Å². The Kier molecular flexibility index (Phi) is 8.11. The Morgan fingerprint density at radius 2 is 1.82 bits per heavy atom. The summed E-state index contributed by atoms with van der Waals surface area (Å²) in [5, 5.41) is 13.3. The van der Waals surface area contributed by atoms with Crippen molar-refractivity contribution in [1.82, 2.24) is 19.9 Å². The number of alkyl halides is 2. The average Bonchev–Trinajstić information content (AvgIpc) is 3.22. The molecule has 0 bridgehead atoms. The number of halogens is 3. The predicted octanol–water partition coefficient (Wildman–Crippen LogP) is 6.54. The van der Waals surface area contributed by atoms with Gasteiger partial charge < -0.3 is 18.6 Å². The Morgan fingerprint density at radius 3 is 2.50 bits per heavy atom. The standard InChI is InChI=1S/C27H32F2N4O4.ClH/c1-15(2)9-18(13-20(34)11-17-5-8-23-24(12-17)36-27(28,29)35-23)25-30-31-26(33(25)19-6-7-19)22-14-21(37-32-22)10-16(3)4;/h5,8,12,14-16,18-19H,6-7,9-11,13H2,1-4H3;1H/t18-;/m0./s1. The normalized spacial score (nSPS) is 16.6. The molecule has 0 radical (unpaired) electrons. The SMILES string of the molecule is CC(C)Cc1cc(-c2nnc([C@H](CC(=O)Cc3ccc4c(c3)OC(F)(F)O4)CC(C)C)n2C2CC2)no1.Cl. The highest BCUT2D eigenvalue weighted by Gasteiger charge is 2.43. The summed E-state index contributed by atoms with van der Waals surface area (Å²) in [6.45, 7) is 8.48. The van der Waals surface area contributed by atoms with Gasteiger partial charge in [-0.1, -0.05) is 38.9 Å². The molecule has 0 amide bonds. The molecule has 8 nitrogen and oxygen atoms in total. The van der Waals surface area contributed by atoms with E-state index in [0.717, 1.165) is 37.3 Å². The molecule has 0 saturated heterocycles. The minimum absolute atomic E-state index is 0. The molecule has 11 heteroatoms. The summed E-state index contributed by atoms with van der Waals surface area (Å²) >= 11 is 0. The third kappa shape index (κ3) is 6.34. The van der Waals surface area contributed by atoms with Crippen molar-refractivity contribution in [2.75, 3.05) is 0 Å². The highest BCUT2D eigenvalue weighted by molar-refractivity contribution is 5.85. The van der Waals surface area contributed by atoms with Gasteiger partial charge in [-0.05, 0) is 48.8 Å². The van der Waals surface area contributed by atoms with E-state index in [1.807, 2.05) is 6.07 Å². The number of nitrogens with zero attached hydrogens (tertiary/aromatic N) is 4. The first-order chi connectivity index (χ1) is 17.6. The van der Waals surface area contributed by atoms with Gasteiger partial charge in [0.05, 0.1) is 0 Å². The van der Waals surface area contributed by atoms with Crippen molar-refractivity contribution in [1.29, 1.82) is 0 Å². The minimum Gasteiger partial charge on any atom is -0.395 e. The molecule has 1 aliphatic carbocycles. The number of hydrogen-bond acceptors (Lipinski definition) is 7. The summed E-state index contributed by atoms with van der Waals surface area (Å²) < 4.78 is 43.4. The van der Waals surface area contributed by atoms with Crippen molar-refractivity contribution in [3.63, 3.8) is 0 Å². The number of benzene rings is 1. The molecule has 2 aromatic heterocycles. The summed E-state index contributed by atoms with van der Waals surface area (Å²) in [5.74, 6) is 2.83. The number of ketones is 1. The van der Waals surface area contributed by atoms with Crippen LogP contribution in [0.2, 0.25) is 0 Å². The molecule has 38 heavy (non-hydrogen) atoms. The zero-order valence-corrected chi connectivity index (χ0v) is 22.8. The van der Waals surface area contributed by atoms with Gasteiger partial charge in [0.25, 0.3) is 0 Å². The van der Waals surface area contributed by atoms with E-state index in [-0.39, 0.29) is 54.5 Å². The summed E-state index contributed by atoms with van der Waals surface area (Å²) in [7, 11) is 0. The molecule has 1 saturated carbocycles. The van der Waals surface area contributed by atoms with Crippen molar-refractivity contribution < 1.29 is 27.6 Å². The second kappa shape index (κ2) is 11.0. The fourth-order valence-electron chi connectivity index (χ4n) is 4.89. The average molecular weight is 551 g/mol. The molecule has 1 aromatic carbocycles. The minimum atomic E-state index is -3.68. The number of fused-ring (bicyclic) bond motifs is 1. The maximum atomic E-state index is 13.4. The van der Waals surface area contributed by atoms with Gasteiger partial charge >= 0.3 is 6.29 Å². The van der Waals surface area contributed by atoms with Gasteiger partial charge in [-0.2, -0.15) is 0 Å². The summed E-state index contributed by atoms with van der Waals surface area (Å²) in [6.07, 6.45) is 0.296. The van der Waals surface area contributed by atoms with Gasteiger partial charge in [-0.25, -0.2) is 0 Å². The van der Waals surface area contributed by atoms with E-state index in [9.17, 15) is 13.6 Å². The molecular formula is C27H33ClF2N4O4. The fraction of sp³-hybridized carbons (Fsp3) is 0.556. The zero-order chi connectivity index (χ0) is 26.3. The highest BCUT2D eigenvalue weighted by atomic mass is 35.5. The Morgan fingerprint density at radius 1 is 1.08 bits per heavy atom. The third-order valence-corrected chi connectivity index (χ3v) is 6.49. The van der Waals surface area contributed by atoms with Crippen LogP contribution in [0.1, 0.15) is 82.5 Å². The number of ether oxygens (including phenoxy) is 2. The first-order valence-electron chi connectivity index (χ1n) is 12.9. The lowest BCUT2D eigenvalue weighted by Crippen LogP contribution is -2.25. The van der Waals surface area contributed by atoms with Crippen LogP contribution in [0.25, 0.3) is 11.5 Å². The maximum absolute atomic E-state index is 13.4. The van der Waals surface area contributed by atoms with Crippen molar-refractivity contribution in [2.24, 2.45) is 11.8 Å². The van der Waals surface area contributed by atoms with E-state index in [1.165, 1.54) is 12.1 Å². The van der Waals surface area contributed by atoms with Crippen LogP contribution < -0.4 is 9.47 Å². The van der Waals surface area contributed by atoms with Crippen molar-refractivity contribution in [2.45, 2.75) is 84.5 Å². The number of aromatic nitrogens is 4. The first kappa shape index (κ1) is 28.0. The van der Waals surface area contributed by atoms with E-state index in [1.54, 1.807) is 6.07 Å². The third-order valence-electron chi connectivity index (χ3n) is 6.49. The van der Waals surface area contributed by atoms with Gasteiger partial charge in [-0.3, -0.25) is 4.79 Å². The molecule has 5 rings (SSSR count). The molecule has 2 aliphatic rings. The zero-order valence-electron chi connectivity index (χ0n) is 21.9. The van der Waals surface area contributed by atoms with Crippen molar-refractivity contribution >= 4 is 18.2 Å². The smallest absolute Gasteiger partial charge is 0.395 e. The van der Waals surface area contributed by atoms with Gasteiger partial charge in [0.15, 0.2) is 23.0 Å². The molecule has 1 aliphatic heterocycles. The molecule has 0 N–H and O–H groups in total. The van der Waals surface area contributed by atoms with Crippen LogP contribution >= 0.6 is 12.4 Å². The molecule has 206 valence electrons. The number of Topliss-reactive ketones (excluding diaryl/α,β-unsaturated/α-hetero) is 1. The van der Waals surface area contributed by atoms with E-state index in [2.05, 4.69) is 57.1 Å². The van der Waals surface area contributed by atoms with Gasteiger partial charge in [-0.15, -0.1) is 31.4 Å². The Labute approximate surface area is 226 Å². The van der Waals surface area contributed by atoms with Crippen LogP contribution in [0.4, 0.5) is 8.78 Å². The molecular weight excluding hydrogens is 518 g/mol. The molecule has 3 heterocycles. The Bertz CT molecular complexity index is 1290. The van der Waals surface area contributed by atoms with Gasteiger partial charge in [0, 0.05) is 37.3 Å². The molecule has 3 aromatic rings. The largest absolute Gasteiger partial charge is 0.586 e. The predicted molar refractivity (Wildman–Crippen MR) is 138 cm³/mol. The van der Waals surface area contributed by atoms with Crippen molar-refractivity contribution in [3.05, 3.63) is 41.4 Å². The summed E-state index contributed by atoms with van der Waals surface area (Å²) in [5.41, 5.74) is 1.26. The fourth-order valence-corrected chi connectivity index (χ4v) is 4.89. The van der Waals surface area contributed by atoms with E-state index < -0.39 is 6.29 Å². The first-order valence-corrected chi connectivity index (χ1v) is 12.9. The van der Waals surface area contributed by atoms with Gasteiger partial charge in [0.2, 0.25) is 0 Å². The quantitative estimate of drug-likeness (QED) is 0.267. The second-order valence-corrected chi connectivity index (χ2v) is 11.0. The lowest BCUT2D eigenvalue weighted by atomic mass is 9.90. The molecule has 0 unspecified atom stereocenters. The number of rotatable bonds is 11. The topological polar surface area (TPSA) is 92.3 Å². The lowest BCUT2D eigenvalue weighted by Gasteiger charge is -2.19. The van der Waals surface area contributed by atoms with E-state index in [4.69, 9.17) is 4.52 Å².